The van der Waals surface area contributed by atoms with Gasteiger partial charge in [-0.05, 0) is 42.3 Å². The van der Waals surface area contributed by atoms with Crippen LogP contribution in [0.4, 0.5) is 5.69 Å². The highest BCUT2D eigenvalue weighted by Crippen LogP contribution is 2.28. The number of ether oxygens (including phenoxy) is 3. The summed E-state index contributed by atoms with van der Waals surface area (Å²) in [4.78, 5) is 22.3. The summed E-state index contributed by atoms with van der Waals surface area (Å²) in [5, 5.41) is 14.8. The Kier molecular flexibility index (Phi) is 6.70. The first-order chi connectivity index (χ1) is 12.9. The Morgan fingerprint density at radius 1 is 1.15 bits per heavy atom. The monoisotopic (exact) mass is 373 g/mol. The van der Waals surface area contributed by atoms with Gasteiger partial charge in [-0.15, -0.1) is 0 Å². The molecule has 0 aliphatic heterocycles. The maximum absolute atomic E-state index is 11.8. The lowest BCUT2D eigenvalue weighted by Gasteiger charge is -2.07. The summed E-state index contributed by atoms with van der Waals surface area (Å²) < 4.78 is 15.5. The summed E-state index contributed by atoms with van der Waals surface area (Å²) in [6.07, 6.45) is 1.42. The van der Waals surface area contributed by atoms with Crippen LogP contribution in [0.3, 0.4) is 0 Å². The molecular weight excluding hydrogens is 354 g/mol. The smallest absolute Gasteiger partial charge is 0.311 e. The first kappa shape index (κ1) is 19.7. The van der Waals surface area contributed by atoms with Crippen molar-refractivity contribution < 1.29 is 23.9 Å². The maximum atomic E-state index is 11.8. The van der Waals surface area contributed by atoms with E-state index in [9.17, 15) is 14.9 Å². The molecule has 0 saturated heterocycles. The fraction of sp³-hybridized carbons (Fsp3) is 0.222. The van der Waals surface area contributed by atoms with Crippen molar-refractivity contribution >= 4 is 17.8 Å². The summed E-state index contributed by atoms with van der Waals surface area (Å²) >= 11 is 0. The van der Waals surface area contributed by atoms with Gasteiger partial charge in [0.25, 0.3) is 5.91 Å². The van der Waals surface area contributed by atoms with Crippen LogP contribution in [0.1, 0.15) is 11.1 Å². The Morgan fingerprint density at radius 2 is 1.85 bits per heavy atom. The van der Waals surface area contributed by atoms with Crippen LogP contribution in [0.15, 0.2) is 41.5 Å². The van der Waals surface area contributed by atoms with Gasteiger partial charge in [-0.25, -0.2) is 5.43 Å². The molecule has 0 unspecified atom stereocenters. The molecule has 0 saturated carbocycles. The van der Waals surface area contributed by atoms with Crippen LogP contribution in [0, 0.1) is 17.0 Å². The molecule has 0 aliphatic rings. The number of carbonyl (C=O) groups excluding carboxylic acids is 1. The zero-order chi connectivity index (χ0) is 19.8. The number of nitro groups is 1. The number of hydrogen-bond acceptors (Lipinski definition) is 7. The molecule has 1 amide bonds. The number of amides is 1. The van der Waals surface area contributed by atoms with Gasteiger partial charge in [0.1, 0.15) is 0 Å². The predicted molar refractivity (Wildman–Crippen MR) is 98.6 cm³/mol. The normalized spacial score (nSPS) is 10.5. The van der Waals surface area contributed by atoms with Gasteiger partial charge in [-0.3, -0.25) is 14.9 Å². The largest absolute Gasteiger partial charge is 0.493 e. The Bertz CT molecular complexity index is 866. The zero-order valence-corrected chi connectivity index (χ0v) is 15.1. The fourth-order valence-corrected chi connectivity index (χ4v) is 2.18. The molecule has 0 heterocycles. The van der Waals surface area contributed by atoms with Gasteiger partial charge in [0, 0.05) is 6.07 Å². The highest BCUT2D eigenvalue weighted by Gasteiger charge is 2.16. The van der Waals surface area contributed by atoms with Crippen molar-refractivity contribution in [1.29, 1.82) is 0 Å². The fourth-order valence-electron chi connectivity index (χ4n) is 2.18. The van der Waals surface area contributed by atoms with Crippen LogP contribution in [-0.2, 0) is 4.79 Å². The number of nitro benzene ring substituents is 1. The molecule has 0 fully saturated rings. The molecule has 9 nitrogen and oxygen atoms in total. The Hall–Kier alpha value is -3.62. The topological polar surface area (TPSA) is 112 Å². The number of carbonyl (C=O) groups is 1. The molecule has 2 rings (SSSR count). The molecule has 0 aliphatic carbocycles. The SMILES string of the molecule is COc1ccc(/C=N\NC(=O)COc2ccc(C)cc2[N+](=O)[O-])cc1OC. The van der Waals surface area contributed by atoms with E-state index in [1.54, 1.807) is 31.2 Å². The van der Waals surface area contributed by atoms with Crippen molar-refractivity contribution in [3.8, 4) is 17.2 Å². The van der Waals surface area contributed by atoms with Crippen molar-refractivity contribution in [3.05, 3.63) is 57.6 Å². The van der Waals surface area contributed by atoms with Crippen LogP contribution in [0.25, 0.3) is 0 Å². The van der Waals surface area contributed by atoms with Gasteiger partial charge in [0.05, 0.1) is 25.4 Å². The van der Waals surface area contributed by atoms with Gasteiger partial charge in [-0.1, -0.05) is 6.07 Å². The molecule has 2 aromatic rings. The highest BCUT2D eigenvalue weighted by atomic mass is 16.6. The number of hydrazone groups is 1. The average Bonchev–Trinajstić information content (AvgIpc) is 2.66. The summed E-state index contributed by atoms with van der Waals surface area (Å²) in [5.41, 5.74) is 3.50. The van der Waals surface area contributed by atoms with Crippen molar-refractivity contribution in [2.24, 2.45) is 5.10 Å². The second kappa shape index (κ2) is 9.18. The standard InChI is InChI=1S/C18H19N3O6/c1-12-4-6-15(14(8-12)21(23)24)27-11-18(22)20-19-10-13-5-7-16(25-2)17(9-13)26-3/h4-10H,11H2,1-3H3,(H,20,22)/b19-10-. The summed E-state index contributed by atoms with van der Waals surface area (Å²) in [6.45, 7) is 1.32. The van der Waals surface area contributed by atoms with Crippen molar-refractivity contribution in [3.63, 3.8) is 0 Å². The van der Waals surface area contributed by atoms with Gasteiger partial charge < -0.3 is 14.2 Å². The highest BCUT2D eigenvalue weighted by molar-refractivity contribution is 5.83. The van der Waals surface area contributed by atoms with Gasteiger partial charge in [0.15, 0.2) is 23.9 Å². The second-order valence-electron chi connectivity index (χ2n) is 5.42. The Morgan fingerprint density at radius 3 is 2.52 bits per heavy atom. The number of benzene rings is 2. The third kappa shape index (κ3) is 5.43. The minimum absolute atomic E-state index is 0.0182. The zero-order valence-electron chi connectivity index (χ0n) is 15.1. The minimum Gasteiger partial charge on any atom is -0.493 e. The number of aryl methyl sites for hydroxylation is 1. The third-order valence-corrected chi connectivity index (χ3v) is 3.48. The Labute approximate surface area is 155 Å². The lowest BCUT2D eigenvalue weighted by Crippen LogP contribution is -2.24. The molecule has 142 valence electrons. The Balaban J connectivity index is 1.93. The third-order valence-electron chi connectivity index (χ3n) is 3.48. The van der Waals surface area contributed by atoms with E-state index in [1.807, 2.05) is 0 Å². The molecule has 2 aromatic carbocycles. The van der Waals surface area contributed by atoms with E-state index in [-0.39, 0.29) is 11.4 Å². The van der Waals surface area contributed by atoms with E-state index in [0.717, 1.165) is 5.56 Å². The molecule has 0 aromatic heterocycles. The van der Waals surface area contributed by atoms with Gasteiger partial charge >= 0.3 is 5.69 Å². The van der Waals surface area contributed by atoms with Gasteiger partial charge in [0.2, 0.25) is 0 Å². The van der Waals surface area contributed by atoms with E-state index < -0.39 is 17.4 Å². The lowest BCUT2D eigenvalue weighted by molar-refractivity contribution is -0.385. The maximum Gasteiger partial charge on any atom is 0.311 e. The molecular formula is C18H19N3O6. The molecule has 0 spiro atoms. The van der Waals surface area contributed by atoms with Crippen molar-refractivity contribution in [1.82, 2.24) is 5.43 Å². The van der Waals surface area contributed by atoms with Crippen LogP contribution in [-0.4, -0.2) is 37.9 Å². The summed E-state index contributed by atoms with van der Waals surface area (Å²) in [7, 11) is 3.05. The lowest BCUT2D eigenvalue weighted by atomic mass is 10.2. The number of methoxy groups -OCH3 is 2. The van der Waals surface area contributed by atoms with Crippen LogP contribution < -0.4 is 19.6 Å². The van der Waals surface area contributed by atoms with Crippen LogP contribution in [0.5, 0.6) is 17.2 Å². The van der Waals surface area contributed by atoms with Crippen molar-refractivity contribution in [2.45, 2.75) is 6.92 Å². The molecule has 9 heteroatoms. The van der Waals surface area contributed by atoms with Crippen LogP contribution >= 0.6 is 0 Å². The van der Waals surface area contributed by atoms with E-state index in [0.29, 0.717) is 17.1 Å². The predicted octanol–water partition coefficient (Wildman–Crippen LogP) is 2.45. The number of nitrogens with one attached hydrogen (secondary N) is 1. The minimum atomic E-state index is -0.560. The summed E-state index contributed by atoms with van der Waals surface area (Å²) in [6, 6.07) is 9.64. The number of nitrogens with zero attached hydrogens (tertiary/aromatic N) is 2. The number of rotatable bonds is 8. The molecule has 1 N–H and O–H groups in total. The van der Waals surface area contributed by atoms with E-state index in [4.69, 9.17) is 14.2 Å². The van der Waals surface area contributed by atoms with Crippen LogP contribution in [0.2, 0.25) is 0 Å². The molecule has 0 atom stereocenters. The van der Waals surface area contributed by atoms with E-state index >= 15 is 0 Å². The first-order valence-electron chi connectivity index (χ1n) is 7.86. The van der Waals surface area contributed by atoms with E-state index in [2.05, 4.69) is 10.5 Å². The van der Waals surface area contributed by atoms with Gasteiger partial charge in [-0.2, -0.15) is 5.10 Å². The quantitative estimate of drug-likeness (QED) is 0.432. The van der Waals surface area contributed by atoms with E-state index in [1.165, 1.54) is 32.6 Å². The molecule has 27 heavy (non-hydrogen) atoms. The molecule has 0 bridgehead atoms. The van der Waals surface area contributed by atoms with Crippen molar-refractivity contribution in [2.75, 3.05) is 20.8 Å². The first-order valence-corrected chi connectivity index (χ1v) is 7.86. The second-order valence-corrected chi connectivity index (χ2v) is 5.42. The number of hydrogen-bond donors (Lipinski definition) is 1. The molecule has 0 radical (unpaired) electrons. The average molecular weight is 373 g/mol. The summed E-state index contributed by atoms with van der Waals surface area (Å²) in [5.74, 6) is 0.570.